The van der Waals surface area contributed by atoms with Gasteiger partial charge in [0.25, 0.3) is 0 Å². The first kappa shape index (κ1) is 13.5. The van der Waals surface area contributed by atoms with Gasteiger partial charge >= 0.3 is 5.97 Å². The zero-order valence-corrected chi connectivity index (χ0v) is 10.5. The molecule has 4 nitrogen and oxygen atoms in total. The molecule has 1 aliphatic heterocycles. The van der Waals surface area contributed by atoms with E-state index in [1.54, 1.807) is 7.11 Å². The van der Waals surface area contributed by atoms with Gasteiger partial charge in [0.2, 0.25) is 0 Å². The Hall–Kier alpha value is -0.610. The molecule has 0 aromatic heterocycles. The predicted molar refractivity (Wildman–Crippen MR) is 62.5 cm³/mol. The van der Waals surface area contributed by atoms with Gasteiger partial charge in [0.1, 0.15) is 0 Å². The highest BCUT2D eigenvalue weighted by atomic mass is 16.5. The molecular weight excluding hydrogens is 206 g/mol. The van der Waals surface area contributed by atoms with E-state index in [-0.39, 0.29) is 24.6 Å². The highest BCUT2D eigenvalue weighted by Gasteiger charge is 2.30. The molecule has 4 heteroatoms. The maximum Gasteiger partial charge on any atom is 0.304 e. The molecule has 1 aliphatic rings. The third-order valence-corrected chi connectivity index (χ3v) is 3.66. The van der Waals surface area contributed by atoms with Gasteiger partial charge in [0.05, 0.1) is 12.5 Å². The molecule has 94 valence electrons. The molecule has 0 bridgehead atoms. The van der Waals surface area contributed by atoms with Crippen LogP contribution in [0.4, 0.5) is 0 Å². The van der Waals surface area contributed by atoms with Gasteiger partial charge in [0.15, 0.2) is 0 Å². The smallest absolute Gasteiger partial charge is 0.304 e. The molecule has 0 aromatic rings. The van der Waals surface area contributed by atoms with E-state index in [2.05, 4.69) is 11.8 Å². The van der Waals surface area contributed by atoms with E-state index >= 15 is 0 Å². The monoisotopic (exact) mass is 229 g/mol. The molecule has 0 aromatic carbocycles. The molecule has 3 unspecified atom stereocenters. The molecule has 0 amide bonds. The van der Waals surface area contributed by atoms with E-state index in [4.69, 9.17) is 9.84 Å². The lowest BCUT2D eigenvalue weighted by atomic mass is 9.96. The lowest BCUT2D eigenvalue weighted by Crippen LogP contribution is -2.50. The van der Waals surface area contributed by atoms with Crippen molar-refractivity contribution >= 4 is 5.97 Å². The topological polar surface area (TPSA) is 49.8 Å². The summed E-state index contributed by atoms with van der Waals surface area (Å²) in [6, 6.07) is 0.466. The van der Waals surface area contributed by atoms with Gasteiger partial charge in [-0.2, -0.15) is 0 Å². The third-order valence-electron chi connectivity index (χ3n) is 3.66. The first-order chi connectivity index (χ1) is 7.56. The molecule has 0 spiro atoms. The van der Waals surface area contributed by atoms with E-state index < -0.39 is 5.97 Å². The molecule has 1 heterocycles. The fraction of sp³-hybridized carbons (Fsp3) is 0.917. The van der Waals surface area contributed by atoms with E-state index in [1.165, 1.54) is 0 Å². The summed E-state index contributed by atoms with van der Waals surface area (Å²) in [7, 11) is 1.71. The molecule has 0 aliphatic carbocycles. The van der Waals surface area contributed by atoms with Crippen molar-refractivity contribution in [2.45, 2.75) is 57.7 Å². The number of nitrogens with zero attached hydrogens (tertiary/aromatic N) is 1. The second-order valence-electron chi connectivity index (χ2n) is 4.67. The van der Waals surface area contributed by atoms with Crippen LogP contribution in [0, 0.1) is 0 Å². The lowest BCUT2D eigenvalue weighted by Gasteiger charge is -2.41. The third kappa shape index (κ3) is 3.46. The van der Waals surface area contributed by atoms with Crippen LogP contribution in [0.3, 0.4) is 0 Å². The Morgan fingerprint density at radius 2 is 2.19 bits per heavy atom. The number of ether oxygens (including phenoxy) is 1. The molecule has 1 rings (SSSR count). The van der Waals surface area contributed by atoms with Crippen molar-refractivity contribution in [2.75, 3.05) is 13.7 Å². The van der Waals surface area contributed by atoms with Crippen LogP contribution < -0.4 is 0 Å². The van der Waals surface area contributed by atoms with E-state index in [9.17, 15) is 4.79 Å². The van der Waals surface area contributed by atoms with Crippen molar-refractivity contribution in [3.63, 3.8) is 0 Å². The average Bonchev–Trinajstić information content (AvgIpc) is 2.27. The second-order valence-corrected chi connectivity index (χ2v) is 4.67. The first-order valence-corrected chi connectivity index (χ1v) is 6.06. The van der Waals surface area contributed by atoms with E-state index in [1.807, 2.05) is 6.92 Å². The molecule has 0 saturated carbocycles. The average molecular weight is 229 g/mol. The van der Waals surface area contributed by atoms with Crippen molar-refractivity contribution in [3.05, 3.63) is 0 Å². The molecule has 16 heavy (non-hydrogen) atoms. The predicted octanol–water partition coefficient (Wildman–Crippen LogP) is 1.74. The summed E-state index contributed by atoms with van der Waals surface area (Å²) in [4.78, 5) is 13.1. The highest BCUT2D eigenvalue weighted by Crippen LogP contribution is 2.23. The van der Waals surface area contributed by atoms with Gasteiger partial charge in [-0.1, -0.05) is 6.42 Å². The summed E-state index contributed by atoms with van der Waals surface area (Å²) >= 11 is 0. The number of rotatable bonds is 5. The Morgan fingerprint density at radius 3 is 2.75 bits per heavy atom. The Labute approximate surface area is 97.6 Å². The maximum atomic E-state index is 10.8. The summed E-state index contributed by atoms with van der Waals surface area (Å²) < 4.78 is 5.33. The van der Waals surface area contributed by atoms with Gasteiger partial charge in [-0.05, 0) is 33.2 Å². The zero-order valence-electron chi connectivity index (χ0n) is 10.5. The Morgan fingerprint density at radius 1 is 1.50 bits per heavy atom. The van der Waals surface area contributed by atoms with Gasteiger partial charge in [-0.15, -0.1) is 0 Å². The molecule has 1 fully saturated rings. The van der Waals surface area contributed by atoms with Crippen molar-refractivity contribution in [3.8, 4) is 0 Å². The fourth-order valence-electron chi connectivity index (χ4n) is 2.45. The zero-order chi connectivity index (χ0) is 12.1. The van der Waals surface area contributed by atoms with Crippen LogP contribution >= 0.6 is 0 Å². The summed E-state index contributed by atoms with van der Waals surface area (Å²) in [5.74, 6) is -0.700. The number of aliphatic carboxylic acids is 1. The number of hydrogen-bond acceptors (Lipinski definition) is 3. The minimum absolute atomic E-state index is 0.148. The number of likely N-dealkylation sites (tertiary alicyclic amines) is 1. The van der Waals surface area contributed by atoms with E-state index in [0.717, 1.165) is 25.8 Å². The summed E-state index contributed by atoms with van der Waals surface area (Å²) in [5, 5.41) is 8.90. The summed E-state index contributed by atoms with van der Waals surface area (Å²) in [6.07, 6.45) is 3.70. The van der Waals surface area contributed by atoms with Crippen molar-refractivity contribution < 1.29 is 14.6 Å². The van der Waals surface area contributed by atoms with Gasteiger partial charge in [-0.25, -0.2) is 0 Å². The van der Waals surface area contributed by atoms with Crippen LogP contribution in [0.2, 0.25) is 0 Å². The Balaban J connectivity index is 2.61. The van der Waals surface area contributed by atoms with Crippen LogP contribution in [0.15, 0.2) is 0 Å². The van der Waals surface area contributed by atoms with Gasteiger partial charge in [0, 0.05) is 19.2 Å². The van der Waals surface area contributed by atoms with Crippen molar-refractivity contribution in [1.82, 2.24) is 4.90 Å². The van der Waals surface area contributed by atoms with Crippen molar-refractivity contribution in [1.29, 1.82) is 0 Å². The molecule has 1 saturated heterocycles. The number of carbonyl (C=O) groups is 1. The highest BCUT2D eigenvalue weighted by molar-refractivity contribution is 5.67. The molecular formula is C12H23NO3. The number of carboxylic acid groups (broad SMARTS) is 1. The molecule has 1 N–H and O–H groups in total. The van der Waals surface area contributed by atoms with Crippen LogP contribution in [0.25, 0.3) is 0 Å². The second kappa shape index (κ2) is 6.21. The SMILES string of the molecule is COC(C)C(C)N1CCCCC1CC(=O)O. The normalized spacial score (nSPS) is 26.3. The minimum Gasteiger partial charge on any atom is -0.481 e. The lowest BCUT2D eigenvalue weighted by molar-refractivity contribution is -0.139. The van der Waals surface area contributed by atoms with Crippen LogP contribution in [-0.2, 0) is 9.53 Å². The van der Waals surface area contributed by atoms with E-state index in [0.29, 0.717) is 0 Å². The standard InChI is InChI=1S/C12H23NO3/c1-9(10(2)16-3)13-7-5-4-6-11(13)8-12(14)15/h9-11H,4-8H2,1-3H3,(H,14,15). The Kier molecular flexibility index (Phi) is 5.22. The summed E-state index contributed by atoms with van der Waals surface area (Å²) in [5.41, 5.74) is 0. The molecule has 0 radical (unpaired) electrons. The van der Waals surface area contributed by atoms with Gasteiger partial charge < -0.3 is 9.84 Å². The number of methoxy groups -OCH3 is 1. The largest absolute Gasteiger partial charge is 0.481 e. The first-order valence-electron chi connectivity index (χ1n) is 6.06. The molecule has 3 atom stereocenters. The van der Waals surface area contributed by atoms with Gasteiger partial charge in [-0.3, -0.25) is 9.69 Å². The van der Waals surface area contributed by atoms with Crippen LogP contribution in [0.5, 0.6) is 0 Å². The quantitative estimate of drug-likeness (QED) is 0.780. The van der Waals surface area contributed by atoms with Crippen LogP contribution in [-0.4, -0.2) is 47.8 Å². The Bertz CT molecular complexity index is 232. The maximum absolute atomic E-state index is 10.8. The van der Waals surface area contributed by atoms with Crippen molar-refractivity contribution in [2.24, 2.45) is 0 Å². The number of carboxylic acids is 1. The minimum atomic E-state index is -0.700. The summed E-state index contributed by atoms with van der Waals surface area (Å²) in [6.45, 7) is 5.15. The number of piperidine rings is 1. The van der Waals surface area contributed by atoms with Crippen LogP contribution in [0.1, 0.15) is 39.5 Å². The number of hydrogen-bond donors (Lipinski definition) is 1. The fourth-order valence-corrected chi connectivity index (χ4v) is 2.45.